The van der Waals surface area contributed by atoms with E-state index < -0.39 is 7.26 Å². The van der Waals surface area contributed by atoms with E-state index >= 15 is 0 Å². The Hall–Kier alpha value is -2.76. The number of benzene rings is 3. The minimum atomic E-state index is -2.05. The predicted octanol–water partition coefficient (Wildman–Crippen LogP) is 4.01. The molecule has 4 rings (SSSR count). The van der Waals surface area contributed by atoms with Gasteiger partial charge in [-0.2, -0.15) is 0 Å². The van der Waals surface area contributed by atoms with Gasteiger partial charge in [0.1, 0.15) is 15.9 Å². The second kappa shape index (κ2) is 7.23. The highest BCUT2D eigenvalue weighted by atomic mass is 31.2. The quantitative estimate of drug-likeness (QED) is 0.505. The summed E-state index contributed by atoms with van der Waals surface area (Å²) in [5.41, 5.74) is 2.42. The molecule has 0 saturated carbocycles. The van der Waals surface area contributed by atoms with Gasteiger partial charge in [0, 0.05) is 11.8 Å². The van der Waals surface area contributed by atoms with Crippen LogP contribution in [0.4, 0.5) is 0 Å². The minimum absolute atomic E-state index is 1.18. The van der Waals surface area contributed by atoms with E-state index in [1.54, 1.807) is 0 Å². The van der Waals surface area contributed by atoms with E-state index in [0.717, 1.165) is 0 Å². The predicted molar refractivity (Wildman–Crippen MR) is 114 cm³/mol. The molecule has 0 amide bonds. The molecule has 0 aliphatic rings. The Kier molecular flexibility index (Phi) is 4.65. The molecule has 3 aromatic carbocycles. The highest BCUT2D eigenvalue weighted by Crippen LogP contribution is 2.54. The van der Waals surface area contributed by atoms with Gasteiger partial charge in [-0.25, -0.2) is 4.98 Å². The summed E-state index contributed by atoms with van der Waals surface area (Å²) in [6, 6.07) is 36.8. The molecule has 1 heterocycles. The van der Waals surface area contributed by atoms with Gasteiger partial charge in [-0.05, 0) is 49.4 Å². The van der Waals surface area contributed by atoms with Gasteiger partial charge in [0.2, 0.25) is 5.44 Å². The van der Waals surface area contributed by atoms with E-state index in [1.165, 1.54) is 26.9 Å². The SMILES string of the molecule is Cc1cccnc1[P+](c1ccccc1)(c1ccccc1)c1ccccc1. The maximum Gasteiger partial charge on any atom is 0.201 e. The lowest BCUT2D eigenvalue weighted by molar-refractivity contribution is 1.33. The normalized spacial score (nSPS) is 11.3. The number of aromatic nitrogens is 1. The Morgan fingerprint density at radius 3 is 1.35 bits per heavy atom. The summed E-state index contributed by atoms with van der Waals surface area (Å²) in [6.07, 6.45) is 1.92. The van der Waals surface area contributed by atoms with Crippen molar-refractivity contribution in [3.05, 3.63) is 115 Å². The fourth-order valence-corrected chi connectivity index (χ4v) is 7.93. The van der Waals surface area contributed by atoms with E-state index in [-0.39, 0.29) is 0 Å². The third-order valence-corrected chi connectivity index (χ3v) is 9.05. The Morgan fingerprint density at radius 1 is 0.538 bits per heavy atom. The largest absolute Gasteiger partial charge is 0.221 e. The van der Waals surface area contributed by atoms with Crippen LogP contribution in [-0.2, 0) is 0 Å². The highest BCUT2D eigenvalue weighted by molar-refractivity contribution is 8.01. The van der Waals surface area contributed by atoms with Crippen molar-refractivity contribution in [3.63, 3.8) is 0 Å². The zero-order chi connectivity index (χ0) is 17.8. The van der Waals surface area contributed by atoms with Crippen molar-refractivity contribution in [2.45, 2.75) is 6.92 Å². The highest BCUT2D eigenvalue weighted by Gasteiger charge is 2.50. The van der Waals surface area contributed by atoms with Crippen LogP contribution in [0.5, 0.6) is 0 Å². The number of nitrogens with zero attached hydrogens (tertiary/aromatic N) is 1. The molecule has 0 aliphatic carbocycles. The van der Waals surface area contributed by atoms with E-state index in [4.69, 9.17) is 4.98 Å². The second-order valence-electron chi connectivity index (χ2n) is 6.32. The fourth-order valence-electron chi connectivity index (χ4n) is 3.60. The average Bonchev–Trinajstić information content (AvgIpc) is 2.72. The summed E-state index contributed by atoms with van der Waals surface area (Å²) in [5, 5.41) is 4.00. The summed E-state index contributed by atoms with van der Waals surface area (Å²) < 4.78 is 0. The maximum absolute atomic E-state index is 4.93. The average molecular weight is 354 g/mol. The molecule has 0 fully saturated rings. The molecule has 0 aliphatic heterocycles. The van der Waals surface area contributed by atoms with Crippen LogP contribution in [0.2, 0.25) is 0 Å². The Balaban J connectivity index is 2.17. The number of rotatable bonds is 4. The summed E-state index contributed by atoms with van der Waals surface area (Å²) in [4.78, 5) is 4.93. The Labute approximate surface area is 155 Å². The molecule has 126 valence electrons. The smallest absolute Gasteiger partial charge is 0.201 e. The molecule has 0 unspecified atom stereocenters. The zero-order valence-corrected chi connectivity index (χ0v) is 15.7. The first-order chi connectivity index (χ1) is 12.8. The lowest BCUT2D eigenvalue weighted by Crippen LogP contribution is -2.40. The fraction of sp³-hybridized carbons (Fsp3) is 0.0417. The van der Waals surface area contributed by atoms with E-state index in [2.05, 4.69) is 104 Å². The molecule has 1 aromatic heterocycles. The first kappa shape index (κ1) is 16.7. The first-order valence-corrected chi connectivity index (χ1v) is 10.6. The van der Waals surface area contributed by atoms with Gasteiger partial charge >= 0.3 is 0 Å². The van der Waals surface area contributed by atoms with Gasteiger partial charge in [0.15, 0.2) is 7.26 Å². The van der Waals surface area contributed by atoms with E-state index in [0.29, 0.717) is 0 Å². The van der Waals surface area contributed by atoms with Crippen molar-refractivity contribution in [1.82, 2.24) is 4.98 Å². The van der Waals surface area contributed by atoms with Gasteiger partial charge < -0.3 is 0 Å². The third-order valence-electron chi connectivity index (χ3n) is 4.73. The van der Waals surface area contributed by atoms with Crippen LogP contribution >= 0.6 is 7.26 Å². The number of hydrogen-bond acceptors (Lipinski definition) is 1. The van der Waals surface area contributed by atoms with E-state index in [9.17, 15) is 0 Å². The molecule has 0 radical (unpaired) electrons. The number of hydrogen-bond donors (Lipinski definition) is 0. The first-order valence-electron chi connectivity index (χ1n) is 8.81. The van der Waals surface area contributed by atoms with Crippen molar-refractivity contribution < 1.29 is 0 Å². The van der Waals surface area contributed by atoms with Crippen molar-refractivity contribution in [2.24, 2.45) is 0 Å². The topological polar surface area (TPSA) is 12.9 Å². The molecule has 0 bridgehead atoms. The number of aryl methyl sites for hydroxylation is 1. The molecular formula is C24H21NP+. The lowest BCUT2D eigenvalue weighted by atomic mass is 10.3. The van der Waals surface area contributed by atoms with E-state index in [1.807, 2.05) is 12.3 Å². The lowest BCUT2D eigenvalue weighted by Gasteiger charge is -2.27. The molecule has 2 heteroatoms. The van der Waals surface area contributed by atoms with Crippen LogP contribution in [-0.4, -0.2) is 4.98 Å². The Bertz CT molecular complexity index is 885. The second-order valence-corrected chi connectivity index (χ2v) is 9.64. The van der Waals surface area contributed by atoms with Crippen LogP contribution in [0.1, 0.15) is 5.56 Å². The van der Waals surface area contributed by atoms with Gasteiger partial charge in [0.25, 0.3) is 0 Å². The summed E-state index contributed by atoms with van der Waals surface area (Å²) >= 11 is 0. The monoisotopic (exact) mass is 354 g/mol. The van der Waals surface area contributed by atoms with Crippen LogP contribution in [0, 0.1) is 6.92 Å². The number of pyridine rings is 1. The molecule has 0 spiro atoms. The molecular weight excluding hydrogens is 333 g/mol. The third kappa shape index (κ3) is 2.75. The van der Waals surface area contributed by atoms with Crippen LogP contribution in [0.15, 0.2) is 109 Å². The van der Waals surface area contributed by atoms with Gasteiger partial charge in [0.05, 0.1) is 0 Å². The molecule has 4 aromatic rings. The molecule has 0 saturated heterocycles. The summed E-state index contributed by atoms with van der Waals surface area (Å²) in [6.45, 7) is 2.17. The van der Waals surface area contributed by atoms with Crippen molar-refractivity contribution in [1.29, 1.82) is 0 Å². The Morgan fingerprint density at radius 2 is 0.962 bits per heavy atom. The molecule has 1 nitrogen and oxygen atoms in total. The maximum atomic E-state index is 4.93. The summed E-state index contributed by atoms with van der Waals surface area (Å²) in [7, 11) is -2.05. The van der Waals surface area contributed by atoms with Gasteiger partial charge in [-0.3, -0.25) is 0 Å². The van der Waals surface area contributed by atoms with Crippen molar-refractivity contribution >= 4 is 28.6 Å². The van der Waals surface area contributed by atoms with Crippen LogP contribution in [0.3, 0.4) is 0 Å². The van der Waals surface area contributed by atoms with Gasteiger partial charge in [-0.15, -0.1) is 0 Å². The molecule has 0 atom stereocenters. The van der Waals surface area contributed by atoms with Gasteiger partial charge in [-0.1, -0.05) is 60.7 Å². The van der Waals surface area contributed by atoms with Crippen molar-refractivity contribution in [2.75, 3.05) is 0 Å². The molecule has 26 heavy (non-hydrogen) atoms. The zero-order valence-electron chi connectivity index (χ0n) is 14.8. The van der Waals surface area contributed by atoms with Crippen LogP contribution in [0.25, 0.3) is 0 Å². The standard InChI is InChI=1S/C24H21NP/c1-20-12-11-19-25-24(20)26(21-13-5-2-6-14-21,22-15-7-3-8-16-22)23-17-9-4-10-18-23/h2-19H,1H3/q+1. The minimum Gasteiger partial charge on any atom is -0.221 e. The van der Waals surface area contributed by atoms with Crippen molar-refractivity contribution in [3.8, 4) is 0 Å². The van der Waals surface area contributed by atoms with Crippen LogP contribution < -0.4 is 21.3 Å². The summed E-state index contributed by atoms with van der Waals surface area (Å²) in [5.74, 6) is 0. The molecule has 0 N–H and O–H groups in total.